The maximum Gasteiger partial charge on any atom is 0.346 e. The average Bonchev–Trinajstić information content (AvgIpc) is 2.70. The zero-order valence-electron chi connectivity index (χ0n) is 14.5. The molecule has 0 aliphatic carbocycles. The fourth-order valence-electron chi connectivity index (χ4n) is 2.29. The smallest absolute Gasteiger partial charge is 0.346 e. The molecular formula is C20H8F6O4. The molecule has 3 aromatic rings. The Morgan fingerprint density at radius 1 is 0.567 bits per heavy atom. The molecule has 0 aliphatic rings. The lowest BCUT2D eigenvalue weighted by molar-refractivity contribution is 0.0726. The number of rotatable bonds is 4. The van der Waals surface area contributed by atoms with Gasteiger partial charge in [0.05, 0.1) is 11.1 Å². The zero-order valence-corrected chi connectivity index (χ0v) is 14.5. The van der Waals surface area contributed by atoms with Gasteiger partial charge >= 0.3 is 11.9 Å². The number of carbonyl (C=O) groups excluding carboxylic acids is 2. The Balaban J connectivity index is 1.78. The number of hydrogen-bond acceptors (Lipinski definition) is 4. The van der Waals surface area contributed by atoms with Crippen LogP contribution in [0, 0.1) is 34.9 Å². The quantitative estimate of drug-likeness (QED) is 0.256. The zero-order chi connectivity index (χ0) is 22.0. The Bertz CT molecular complexity index is 1080. The van der Waals surface area contributed by atoms with Crippen LogP contribution in [0.3, 0.4) is 0 Å². The summed E-state index contributed by atoms with van der Waals surface area (Å²) in [5, 5.41) is 0. The number of hydrogen-bond donors (Lipinski definition) is 0. The van der Waals surface area contributed by atoms with Crippen molar-refractivity contribution in [2.24, 2.45) is 0 Å². The molecule has 10 heteroatoms. The topological polar surface area (TPSA) is 52.6 Å². The predicted molar refractivity (Wildman–Crippen MR) is 89.0 cm³/mol. The Kier molecular flexibility index (Phi) is 5.77. The van der Waals surface area contributed by atoms with E-state index in [4.69, 9.17) is 9.47 Å². The molecule has 0 unspecified atom stereocenters. The van der Waals surface area contributed by atoms with E-state index >= 15 is 0 Å². The van der Waals surface area contributed by atoms with E-state index < -0.39 is 58.0 Å². The highest BCUT2D eigenvalue weighted by molar-refractivity contribution is 5.92. The maximum atomic E-state index is 13.7. The lowest BCUT2D eigenvalue weighted by Gasteiger charge is -2.09. The van der Waals surface area contributed by atoms with E-state index in [-0.39, 0.29) is 11.5 Å². The van der Waals surface area contributed by atoms with E-state index in [1.165, 1.54) is 18.2 Å². The normalized spacial score (nSPS) is 10.6. The van der Waals surface area contributed by atoms with Crippen LogP contribution >= 0.6 is 0 Å². The molecule has 0 aliphatic heterocycles. The molecule has 0 N–H and O–H groups in total. The third-order valence-electron chi connectivity index (χ3n) is 3.74. The minimum atomic E-state index is -1.86. The molecular weight excluding hydrogens is 418 g/mol. The summed E-state index contributed by atoms with van der Waals surface area (Å²) in [6.07, 6.45) is 0. The monoisotopic (exact) mass is 426 g/mol. The summed E-state index contributed by atoms with van der Waals surface area (Å²) in [5.41, 5.74) is -1.78. The number of benzene rings is 3. The molecule has 154 valence electrons. The second kappa shape index (κ2) is 8.27. The fourth-order valence-corrected chi connectivity index (χ4v) is 2.29. The molecule has 3 rings (SSSR count). The van der Waals surface area contributed by atoms with Crippen LogP contribution in [0.2, 0.25) is 0 Å². The maximum absolute atomic E-state index is 13.7. The van der Waals surface area contributed by atoms with Gasteiger partial charge < -0.3 is 9.47 Å². The average molecular weight is 426 g/mol. The SMILES string of the molecule is O=C(Oc1cccc(OC(=O)c2ccc(F)c(F)c2F)c1)c1ccc(F)c(F)c1F. The Labute approximate surface area is 164 Å². The van der Waals surface area contributed by atoms with E-state index in [9.17, 15) is 35.9 Å². The number of halogens is 6. The van der Waals surface area contributed by atoms with Crippen molar-refractivity contribution < 1.29 is 45.4 Å². The highest BCUT2D eigenvalue weighted by Crippen LogP contribution is 2.24. The molecule has 30 heavy (non-hydrogen) atoms. The van der Waals surface area contributed by atoms with E-state index in [1.54, 1.807) is 0 Å². The predicted octanol–water partition coefficient (Wildman–Crippen LogP) is 4.96. The van der Waals surface area contributed by atoms with Crippen LogP contribution in [-0.2, 0) is 0 Å². The number of carbonyl (C=O) groups is 2. The van der Waals surface area contributed by atoms with Gasteiger partial charge in [0, 0.05) is 6.07 Å². The first-order valence-corrected chi connectivity index (χ1v) is 8.00. The third kappa shape index (κ3) is 4.12. The third-order valence-corrected chi connectivity index (χ3v) is 3.74. The fraction of sp³-hybridized carbons (Fsp3) is 0. The van der Waals surface area contributed by atoms with Gasteiger partial charge in [0.15, 0.2) is 34.9 Å². The van der Waals surface area contributed by atoms with Crippen molar-refractivity contribution in [2.45, 2.75) is 0 Å². The van der Waals surface area contributed by atoms with Gasteiger partial charge in [-0.3, -0.25) is 0 Å². The van der Waals surface area contributed by atoms with Crippen LogP contribution in [0.15, 0.2) is 48.5 Å². The number of ether oxygens (including phenoxy) is 2. The van der Waals surface area contributed by atoms with Gasteiger partial charge in [-0.2, -0.15) is 0 Å². The van der Waals surface area contributed by atoms with Crippen LogP contribution in [-0.4, -0.2) is 11.9 Å². The Morgan fingerprint density at radius 2 is 0.967 bits per heavy atom. The van der Waals surface area contributed by atoms with Crippen molar-refractivity contribution in [3.63, 3.8) is 0 Å². The molecule has 0 aromatic heterocycles. The first kappa shape index (κ1) is 20.9. The van der Waals surface area contributed by atoms with Crippen LogP contribution < -0.4 is 9.47 Å². The van der Waals surface area contributed by atoms with E-state index in [0.29, 0.717) is 24.3 Å². The van der Waals surface area contributed by atoms with Gasteiger partial charge in [0.25, 0.3) is 0 Å². The van der Waals surface area contributed by atoms with Crippen LogP contribution in [0.5, 0.6) is 11.5 Å². The largest absolute Gasteiger partial charge is 0.423 e. The van der Waals surface area contributed by atoms with E-state index in [0.717, 1.165) is 6.07 Å². The highest BCUT2D eigenvalue weighted by Gasteiger charge is 2.22. The molecule has 3 aromatic carbocycles. The van der Waals surface area contributed by atoms with Crippen molar-refractivity contribution in [1.29, 1.82) is 0 Å². The van der Waals surface area contributed by atoms with Crippen LogP contribution in [0.1, 0.15) is 20.7 Å². The summed E-state index contributed by atoms with van der Waals surface area (Å²) >= 11 is 0. The Morgan fingerprint density at radius 3 is 1.37 bits per heavy atom. The first-order valence-electron chi connectivity index (χ1n) is 8.00. The van der Waals surface area contributed by atoms with Crippen molar-refractivity contribution in [2.75, 3.05) is 0 Å². The number of esters is 2. The molecule has 0 heterocycles. The van der Waals surface area contributed by atoms with E-state index in [1.807, 2.05) is 0 Å². The van der Waals surface area contributed by atoms with Gasteiger partial charge in [-0.1, -0.05) is 6.07 Å². The van der Waals surface area contributed by atoms with Crippen molar-refractivity contribution in [1.82, 2.24) is 0 Å². The lowest BCUT2D eigenvalue weighted by Crippen LogP contribution is -2.14. The van der Waals surface area contributed by atoms with Gasteiger partial charge in [-0.25, -0.2) is 35.9 Å². The molecule has 0 radical (unpaired) electrons. The second-order valence-corrected chi connectivity index (χ2v) is 5.70. The molecule has 0 fully saturated rings. The van der Waals surface area contributed by atoms with Gasteiger partial charge in [0.2, 0.25) is 0 Å². The van der Waals surface area contributed by atoms with Crippen LogP contribution in [0.25, 0.3) is 0 Å². The van der Waals surface area contributed by atoms with Crippen LogP contribution in [0.4, 0.5) is 26.3 Å². The minimum Gasteiger partial charge on any atom is -0.423 e. The summed E-state index contributed by atoms with van der Waals surface area (Å²) in [6.45, 7) is 0. The molecule has 0 saturated heterocycles. The highest BCUT2D eigenvalue weighted by atomic mass is 19.2. The summed E-state index contributed by atoms with van der Waals surface area (Å²) in [7, 11) is 0. The molecule has 0 spiro atoms. The molecule has 0 amide bonds. The summed E-state index contributed by atoms with van der Waals surface area (Å²) < 4.78 is 89.4. The summed E-state index contributed by atoms with van der Waals surface area (Å²) in [6, 6.07) is 6.97. The second-order valence-electron chi connectivity index (χ2n) is 5.70. The molecule has 0 bridgehead atoms. The molecule has 0 saturated carbocycles. The van der Waals surface area contributed by atoms with Crippen molar-refractivity contribution in [3.8, 4) is 11.5 Å². The van der Waals surface area contributed by atoms with E-state index in [2.05, 4.69) is 0 Å². The summed E-state index contributed by atoms with van der Waals surface area (Å²) in [5.74, 6) is -13.6. The van der Waals surface area contributed by atoms with Crippen molar-refractivity contribution >= 4 is 11.9 Å². The lowest BCUT2D eigenvalue weighted by atomic mass is 10.2. The van der Waals surface area contributed by atoms with Gasteiger partial charge in [0.1, 0.15) is 11.5 Å². The standard InChI is InChI=1S/C20H8F6O4/c21-13-6-4-11(15(23)17(13)25)19(27)29-9-2-1-3-10(8-9)30-20(28)12-5-7-14(22)18(26)16(12)24/h1-8H. The van der Waals surface area contributed by atoms with Gasteiger partial charge in [-0.15, -0.1) is 0 Å². The first-order chi connectivity index (χ1) is 14.2. The van der Waals surface area contributed by atoms with Crippen molar-refractivity contribution in [3.05, 3.63) is 94.6 Å². The Hall–Kier alpha value is -3.82. The minimum absolute atomic E-state index is 0.291. The molecule has 4 nitrogen and oxygen atoms in total. The summed E-state index contributed by atoms with van der Waals surface area (Å²) in [4.78, 5) is 24.0. The van der Waals surface area contributed by atoms with Gasteiger partial charge in [-0.05, 0) is 36.4 Å². The molecule has 0 atom stereocenters.